The quantitative estimate of drug-likeness (QED) is 0.876. The predicted octanol–water partition coefficient (Wildman–Crippen LogP) is 2.31. The van der Waals surface area contributed by atoms with Crippen LogP contribution in [0.5, 0.6) is 0 Å². The second-order valence-corrected chi connectivity index (χ2v) is 5.77. The third-order valence-corrected chi connectivity index (χ3v) is 4.13. The minimum Gasteiger partial charge on any atom is -0.324 e. The van der Waals surface area contributed by atoms with Crippen molar-refractivity contribution in [3.05, 3.63) is 12.2 Å². The molecule has 2 N–H and O–H groups in total. The van der Waals surface area contributed by atoms with Gasteiger partial charge in [-0.05, 0) is 32.6 Å². The molecule has 4 nitrogen and oxygen atoms in total. The standard InChI is InChI=1S/C13H24N4/c1-10(2)17-12(15-9-16-17)8-13(14)7-5-4-6-11(13)3/h9-11H,4-8,14H2,1-3H3. The Balaban J connectivity index is 2.16. The van der Waals surface area contributed by atoms with Gasteiger partial charge in [0.15, 0.2) is 0 Å². The van der Waals surface area contributed by atoms with Gasteiger partial charge < -0.3 is 5.73 Å². The molecular formula is C13H24N4. The van der Waals surface area contributed by atoms with E-state index in [0.29, 0.717) is 12.0 Å². The molecule has 0 aromatic carbocycles. The highest BCUT2D eigenvalue weighted by Crippen LogP contribution is 2.33. The van der Waals surface area contributed by atoms with Crippen LogP contribution in [-0.2, 0) is 6.42 Å². The molecule has 0 radical (unpaired) electrons. The summed E-state index contributed by atoms with van der Waals surface area (Å²) in [5.41, 5.74) is 6.50. The smallest absolute Gasteiger partial charge is 0.138 e. The fourth-order valence-corrected chi connectivity index (χ4v) is 2.83. The summed E-state index contributed by atoms with van der Waals surface area (Å²) in [4.78, 5) is 4.38. The second kappa shape index (κ2) is 4.77. The monoisotopic (exact) mass is 236 g/mol. The minimum atomic E-state index is -0.0854. The van der Waals surface area contributed by atoms with E-state index in [4.69, 9.17) is 5.73 Å². The van der Waals surface area contributed by atoms with Gasteiger partial charge in [-0.15, -0.1) is 0 Å². The topological polar surface area (TPSA) is 56.7 Å². The van der Waals surface area contributed by atoms with Crippen LogP contribution in [0.4, 0.5) is 0 Å². The predicted molar refractivity (Wildman–Crippen MR) is 68.7 cm³/mol. The summed E-state index contributed by atoms with van der Waals surface area (Å²) in [5, 5.41) is 4.29. The zero-order valence-electron chi connectivity index (χ0n) is 11.2. The average Bonchev–Trinajstić information content (AvgIpc) is 2.70. The number of aromatic nitrogens is 3. The van der Waals surface area contributed by atoms with Gasteiger partial charge in [0.05, 0.1) is 0 Å². The van der Waals surface area contributed by atoms with Gasteiger partial charge in [-0.3, -0.25) is 0 Å². The van der Waals surface area contributed by atoms with E-state index >= 15 is 0 Å². The Morgan fingerprint density at radius 1 is 1.53 bits per heavy atom. The molecule has 2 unspecified atom stereocenters. The third kappa shape index (κ3) is 2.51. The van der Waals surface area contributed by atoms with Crippen LogP contribution in [0.1, 0.15) is 58.3 Å². The summed E-state index contributed by atoms with van der Waals surface area (Å²) in [7, 11) is 0. The average molecular weight is 236 g/mol. The van der Waals surface area contributed by atoms with E-state index in [-0.39, 0.29) is 5.54 Å². The van der Waals surface area contributed by atoms with E-state index in [1.807, 2.05) is 4.68 Å². The minimum absolute atomic E-state index is 0.0854. The fraction of sp³-hybridized carbons (Fsp3) is 0.846. The van der Waals surface area contributed by atoms with Crippen LogP contribution in [0.15, 0.2) is 6.33 Å². The molecule has 0 bridgehead atoms. The van der Waals surface area contributed by atoms with E-state index < -0.39 is 0 Å². The van der Waals surface area contributed by atoms with Crippen molar-refractivity contribution >= 4 is 0 Å². The molecule has 1 aliphatic rings. The van der Waals surface area contributed by atoms with Crippen molar-refractivity contribution in [1.29, 1.82) is 0 Å². The molecule has 1 heterocycles. The fourth-order valence-electron chi connectivity index (χ4n) is 2.83. The lowest BCUT2D eigenvalue weighted by molar-refractivity contribution is 0.198. The molecule has 0 aliphatic heterocycles. The first-order valence-electron chi connectivity index (χ1n) is 6.70. The molecule has 17 heavy (non-hydrogen) atoms. The zero-order valence-corrected chi connectivity index (χ0v) is 11.2. The molecule has 96 valence electrons. The maximum Gasteiger partial charge on any atom is 0.138 e. The van der Waals surface area contributed by atoms with Crippen LogP contribution in [0.25, 0.3) is 0 Å². The Hall–Kier alpha value is -0.900. The van der Waals surface area contributed by atoms with Crippen molar-refractivity contribution in [1.82, 2.24) is 14.8 Å². The number of hydrogen-bond acceptors (Lipinski definition) is 3. The van der Waals surface area contributed by atoms with Crippen LogP contribution in [0, 0.1) is 5.92 Å². The third-order valence-electron chi connectivity index (χ3n) is 4.13. The summed E-state index contributed by atoms with van der Waals surface area (Å²) < 4.78 is 2.00. The van der Waals surface area contributed by atoms with Gasteiger partial charge >= 0.3 is 0 Å². The van der Waals surface area contributed by atoms with Crippen LogP contribution < -0.4 is 5.73 Å². The van der Waals surface area contributed by atoms with Gasteiger partial charge in [0, 0.05) is 18.0 Å². The van der Waals surface area contributed by atoms with Crippen molar-refractivity contribution in [2.24, 2.45) is 11.7 Å². The molecule has 1 aromatic rings. The SMILES string of the molecule is CC(C)n1ncnc1CC1(N)CCCCC1C. The van der Waals surface area contributed by atoms with Gasteiger partial charge in [0.25, 0.3) is 0 Å². The maximum absolute atomic E-state index is 6.58. The van der Waals surface area contributed by atoms with Gasteiger partial charge in [-0.1, -0.05) is 19.8 Å². The lowest BCUT2D eigenvalue weighted by Crippen LogP contribution is -2.50. The molecule has 1 aliphatic carbocycles. The Morgan fingerprint density at radius 3 is 2.94 bits per heavy atom. The van der Waals surface area contributed by atoms with E-state index in [1.54, 1.807) is 6.33 Å². The highest BCUT2D eigenvalue weighted by Gasteiger charge is 2.35. The largest absolute Gasteiger partial charge is 0.324 e. The summed E-state index contributed by atoms with van der Waals surface area (Å²) in [6.07, 6.45) is 7.41. The van der Waals surface area contributed by atoms with Gasteiger partial charge in [-0.25, -0.2) is 9.67 Å². The van der Waals surface area contributed by atoms with E-state index in [9.17, 15) is 0 Å². The molecule has 0 amide bonds. The second-order valence-electron chi connectivity index (χ2n) is 5.77. The molecule has 0 saturated heterocycles. The Labute approximate surface area is 104 Å². The first-order valence-corrected chi connectivity index (χ1v) is 6.70. The van der Waals surface area contributed by atoms with Crippen molar-refractivity contribution in [2.75, 3.05) is 0 Å². The zero-order chi connectivity index (χ0) is 12.5. The number of nitrogens with zero attached hydrogens (tertiary/aromatic N) is 3. The summed E-state index contributed by atoms with van der Waals surface area (Å²) in [5.74, 6) is 1.62. The summed E-state index contributed by atoms with van der Waals surface area (Å²) in [6.45, 7) is 6.53. The first kappa shape index (κ1) is 12.6. The van der Waals surface area contributed by atoms with Gasteiger partial charge in [0.1, 0.15) is 12.2 Å². The van der Waals surface area contributed by atoms with Crippen LogP contribution >= 0.6 is 0 Å². The van der Waals surface area contributed by atoms with Crippen LogP contribution in [-0.4, -0.2) is 20.3 Å². The van der Waals surface area contributed by atoms with Gasteiger partial charge in [0.2, 0.25) is 0 Å². The van der Waals surface area contributed by atoms with Crippen LogP contribution in [0.2, 0.25) is 0 Å². The molecule has 2 rings (SSSR count). The Morgan fingerprint density at radius 2 is 2.29 bits per heavy atom. The van der Waals surface area contributed by atoms with Crippen molar-refractivity contribution in [2.45, 2.75) is 64.5 Å². The van der Waals surface area contributed by atoms with E-state index in [0.717, 1.165) is 18.7 Å². The molecule has 1 saturated carbocycles. The Bertz CT molecular complexity index is 371. The maximum atomic E-state index is 6.58. The lowest BCUT2D eigenvalue weighted by atomic mass is 9.72. The van der Waals surface area contributed by atoms with Crippen molar-refractivity contribution in [3.63, 3.8) is 0 Å². The molecule has 4 heteroatoms. The molecule has 0 spiro atoms. The summed E-state index contributed by atoms with van der Waals surface area (Å²) in [6, 6.07) is 0.356. The number of rotatable bonds is 3. The van der Waals surface area contributed by atoms with E-state index in [1.165, 1.54) is 19.3 Å². The van der Waals surface area contributed by atoms with Crippen molar-refractivity contribution < 1.29 is 0 Å². The molecule has 1 aromatic heterocycles. The molecule has 2 atom stereocenters. The highest BCUT2D eigenvalue weighted by atomic mass is 15.3. The number of hydrogen-bond donors (Lipinski definition) is 1. The lowest BCUT2D eigenvalue weighted by Gasteiger charge is -2.39. The number of nitrogens with two attached hydrogens (primary N) is 1. The van der Waals surface area contributed by atoms with Gasteiger partial charge in [-0.2, -0.15) is 5.10 Å². The highest BCUT2D eigenvalue weighted by molar-refractivity contribution is 5.02. The molecule has 1 fully saturated rings. The van der Waals surface area contributed by atoms with Crippen molar-refractivity contribution in [3.8, 4) is 0 Å². The van der Waals surface area contributed by atoms with Crippen LogP contribution in [0.3, 0.4) is 0 Å². The summed E-state index contributed by atoms with van der Waals surface area (Å²) >= 11 is 0. The molecular weight excluding hydrogens is 212 g/mol. The Kier molecular flexibility index (Phi) is 3.52. The first-order chi connectivity index (χ1) is 8.03. The normalized spacial score (nSPS) is 29.8. The van der Waals surface area contributed by atoms with E-state index in [2.05, 4.69) is 30.9 Å².